The van der Waals surface area contributed by atoms with Gasteiger partial charge in [-0.1, -0.05) is 54.6 Å². The highest BCUT2D eigenvalue weighted by Crippen LogP contribution is 2.35. The van der Waals surface area contributed by atoms with Crippen molar-refractivity contribution in [3.63, 3.8) is 0 Å². The fourth-order valence-corrected chi connectivity index (χ4v) is 3.18. The van der Waals surface area contributed by atoms with E-state index in [1.165, 1.54) is 5.56 Å². The van der Waals surface area contributed by atoms with Gasteiger partial charge in [-0.05, 0) is 29.5 Å². The third-order valence-electron chi connectivity index (χ3n) is 4.32. The van der Waals surface area contributed by atoms with Gasteiger partial charge in [0.25, 0.3) is 0 Å². The SMILES string of the molecule is O=C(NOCc1ccccc1)N(CCO)C1CCc2ccccc21. The summed E-state index contributed by atoms with van der Waals surface area (Å²) < 4.78 is 0. The molecule has 5 nitrogen and oxygen atoms in total. The second-order valence-corrected chi connectivity index (χ2v) is 5.85. The number of fused-ring (bicyclic) bond motifs is 1. The van der Waals surface area contributed by atoms with Crippen molar-refractivity contribution in [3.05, 3.63) is 71.3 Å². The van der Waals surface area contributed by atoms with Crippen molar-refractivity contribution in [2.45, 2.75) is 25.5 Å². The molecule has 24 heavy (non-hydrogen) atoms. The van der Waals surface area contributed by atoms with Crippen LogP contribution >= 0.6 is 0 Å². The smallest absolute Gasteiger partial charge is 0.341 e. The van der Waals surface area contributed by atoms with E-state index in [-0.39, 0.29) is 25.2 Å². The van der Waals surface area contributed by atoms with Gasteiger partial charge in [-0.15, -0.1) is 0 Å². The molecule has 0 radical (unpaired) electrons. The molecule has 2 aromatic rings. The third-order valence-corrected chi connectivity index (χ3v) is 4.32. The number of carbonyl (C=O) groups is 1. The quantitative estimate of drug-likeness (QED) is 0.803. The molecular weight excluding hydrogens is 304 g/mol. The van der Waals surface area contributed by atoms with Gasteiger partial charge in [0.1, 0.15) is 0 Å². The largest absolute Gasteiger partial charge is 0.395 e. The molecule has 0 saturated carbocycles. The summed E-state index contributed by atoms with van der Waals surface area (Å²) in [5.41, 5.74) is 5.91. The Labute approximate surface area is 141 Å². The topological polar surface area (TPSA) is 61.8 Å². The normalized spacial score (nSPS) is 15.8. The number of aryl methyl sites for hydroxylation is 1. The number of carbonyl (C=O) groups excluding carboxylic acids is 1. The molecule has 0 aromatic heterocycles. The van der Waals surface area contributed by atoms with E-state index < -0.39 is 0 Å². The minimum Gasteiger partial charge on any atom is -0.395 e. The Morgan fingerprint density at radius 2 is 1.92 bits per heavy atom. The van der Waals surface area contributed by atoms with Gasteiger partial charge >= 0.3 is 6.03 Å². The summed E-state index contributed by atoms with van der Waals surface area (Å²) in [6, 6.07) is 17.5. The molecular formula is C19H22N2O3. The molecule has 1 unspecified atom stereocenters. The Morgan fingerprint density at radius 3 is 2.71 bits per heavy atom. The Hall–Kier alpha value is -2.37. The van der Waals surface area contributed by atoms with Crippen LogP contribution in [0.15, 0.2) is 54.6 Å². The van der Waals surface area contributed by atoms with E-state index in [2.05, 4.69) is 17.6 Å². The average molecular weight is 326 g/mol. The van der Waals surface area contributed by atoms with Crippen molar-refractivity contribution in [1.29, 1.82) is 0 Å². The van der Waals surface area contributed by atoms with E-state index in [1.54, 1.807) is 4.90 Å². The molecule has 0 bridgehead atoms. The zero-order valence-electron chi connectivity index (χ0n) is 13.5. The van der Waals surface area contributed by atoms with Gasteiger partial charge in [0.05, 0.1) is 19.3 Å². The maximum atomic E-state index is 12.5. The Morgan fingerprint density at radius 1 is 1.17 bits per heavy atom. The number of urea groups is 1. The summed E-state index contributed by atoms with van der Waals surface area (Å²) in [4.78, 5) is 19.5. The number of hydrogen-bond acceptors (Lipinski definition) is 3. The van der Waals surface area contributed by atoms with Crippen molar-refractivity contribution in [2.75, 3.05) is 13.2 Å². The maximum Gasteiger partial charge on any atom is 0.341 e. The molecule has 1 aliphatic carbocycles. The number of amides is 2. The van der Waals surface area contributed by atoms with E-state index in [9.17, 15) is 9.90 Å². The first kappa shape index (κ1) is 16.5. The highest BCUT2D eigenvalue weighted by atomic mass is 16.7. The number of aliphatic hydroxyl groups excluding tert-OH is 1. The predicted molar refractivity (Wildman–Crippen MR) is 91.1 cm³/mol. The van der Waals surface area contributed by atoms with Crippen molar-refractivity contribution in [1.82, 2.24) is 10.4 Å². The molecule has 0 heterocycles. The van der Waals surface area contributed by atoms with E-state index in [0.717, 1.165) is 24.0 Å². The summed E-state index contributed by atoms with van der Waals surface area (Å²) in [5.74, 6) is 0. The number of aliphatic hydroxyl groups is 1. The lowest BCUT2D eigenvalue weighted by atomic mass is 10.1. The second-order valence-electron chi connectivity index (χ2n) is 5.85. The number of hydroxylamine groups is 1. The fraction of sp³-hybridized carbons (Fsp3) is 0.316. The van der Waals surface area contributed by atoms with Gasteiger partial charge in [0.2, 0.25) is 0 Å². The highest BCUT2D eigenvalue weighted by Gasteiger charge is 2.30. The standard InChI is InChI=1S/C19H22N2O3/c22-13-12-21(18-11-10-16-8-4-5-9-17(16)18)19(23)20-24-14-15-6-2-1-3-7-15/h1-9,18,22H,10-14H2,(H,20,23). The number of nitrogens with zero attached hydrogens (tertiary/aromatic N) is 1. The van der Waals surface area contributed by atoms with Crippen LogP contribution in [-0.4, -0.2) is 29.2 Å². The van der Waals surface area contributed by atoms with Crippen LogP contribution < -0.4 is 5.48 Å². The molecule has 0 spiro atoms. The molecule has 1 aliphatic rings. The maximum absolute atomic E-state index is 12.5. The van der Waals surface area contributed by atoms with Crippen molar-refractivity contribution >= 4 is 6.03 Å². The Balaban J connectivity index is 1.62. The highest BCUT2D eigenvalue weighted by molar-refractivity contribution is 5.74. The third kappa shape index (κ3) is 3.75. The molecule has 5 heteroatoms. The molecule has 2 N–H and O–H groups in total. The van der Waals surface area contributed by atoms with Crippen LogP contribution in [0.3, 0.4) is 0 Å². The van der Waals surface area contributed by atoms with Crippen LogP contribution in [0.5, 0.6) is 0 Å². The first-order valence-corrected chi connectivity index (χ1v) is 8.20. The van der Waals surface area contributed by atoms with Crippen LogP contribution in [0.4, 0.5) is 4.79 Å². The van der Waals surface area contributed by atoms with Crippen LogP contribution in [0, 0.1) is 0 Å². The van der Waals surface area contributed by atoms with Crippen LogP contribution in [0.25, 0.3) is 0 Å². The lowest BCUT2D eigenvalue weighted by Gasteiger charge is -2.29. The van der Waals surface area contributed by atoms with Gasteiger partial charge in [-0.2, -0.15) is 0 Å². The lowest BCUT2D eigenvalue weighted by Crippen LogP contribution is -2.43. The lowest BCUT2D eigenvalue weighted by molar-refractivity contribution is 0.0292. The molecule has 3 rings (SSSR count). The average Bonchev–Trinajstić information content (AvgIpc) is 3.04. The summed E-state index contributed by atoms with van der Waals surface area (Å²) in [6.45, 7) is 0.505. The molecule has 2 amide bonds. The van der Waals surface area contributed by atoms with Gasteiger partial charge in [0.15, 0.2) is 0 Å². The van der Waals surface area contributed by atoms with Gasteiger partial charge in [0, 0.05) is 6.54 Å². The second kappa shape index (κ2) is 7.95. The van der Waals surface area contributed by atoms with Gasteiger partial charge in [-0.3, -0.25) is 4.84 Å². The van der Waals surface area contributed by atoms with Crippen molar-refractivity contribution < 1.29 is 14.7 Å². The van der Waals surface area contributed by atoms with Gasteiger partial charge < -0.3 is 10.0 Å². The summed E-state index contributed by atoms with van der Waals surface area (Å²) >= 11 is 0. The summed E-state index contributed by atoms with van der Waals surface area (Å²) in [7, 11) is 0. The van der Waals surface area contributed by atoms with Crippen LogP contribution in [-0.2, 0) is 17.9 Å². The van der Waals surface area contributed by atoms with E-state index in [1.807, 2.05) is 42.5 Å². The fourth-order valence-electron chi connectivity index (χ4n) is 3.18. The zero-order chi connectivity index (χ0) is 16.8. The molecule has 0 fully saturated rings. The van der Waals surface area contributed by atoms with E-state index in [4.69, 9.17) is 4.84 Å². The number of hydrogen-bond donors (Lipinski definition) is 2. The van der Waals surface area contributed by atoms with Crippen LogP contribution in [0.1, 0.15) is 29.2 Å². The Bertz CT molecular complexity index is 675. The first-order valence-electron chi connectivity index (χ1n) is 8.20. The van der Waals surface area contributed by atoms with Gasteiger partial charge in [-0.25, -0.2) is 10.3 Å². The molecule has 126 valence electrons. The van der Waals surface area contributed by atoms with E-state index in [0.29, 0.717) is 6.61 Å². The molecule has 2 aromatic carbocycles. The number of rotatable bonds is 6. The number of benzene rings is 2. The number of nitrogens with one attached hydrogen (secondary N) is 1. The summed E-state index contributed by atoms with van der Waals surface area (Å²) in [5, 5.41) is 9.33. The monoisotopic (exact) mass is 326 g/mol. The van der Waals surface area contributed by atoms with E-state index >= 15 is 0 Å². The molecule has 0 aliphatic heterocycles. The first-order chi connectivity index (χ1) is 11.8. The summed E-state index contributed by atoms with van der Waals surface area (Å²) in [6.07, 6.45) is 1.81. The zero-order valence-corrected chi connectivity index (χ0v) is 13.5. The molecule has 1 atom stereocenters. The van der Waals surface area contributed by atoms with Crippen LogP contribution in [0.2, 0.25) is 0 Å². The van der Waals surface area contributed by atoms with Crippen molar-refractivity contribution in [3.8, 4) is 0 Å². The molecule has 0 saturated heterocycles. The predicted octanol–water partition coefficient (Wildman–Crippen LogP) is 2.81. The minimum absolute atomic E-state index is 0.0197. The minimum atomic E-state index is -0.318. The Kier molecular flexibility index (Phi) is 5.46. The van der Waals surface area contributed by atoms with Crippen molar-refractivity contribution in [2.24, 2.45) is 0 Å².